The fraction of sp³-hybridized carbons (Fsp3) is 0.471. The van der Waals surface area contributed by atoms with Crippen LogP contribution < -0.4 is 10.6 Å². The highest BCUT2D eigenvalue weighted by Gasteiger charge is 2.31. The number of amides is 4. The summed E-state index contributed by atoms with van der Waals surface area (Å²) >= 11 is 0. The molecule has 0 saturated carbocycles. The summed E-state index contributed by atoms with van der Waals surface area (Å²) in [6.07, 6.45) is 2.09. The fourth-order valence-corrected chi connectivity index (χ4v) is 3.26. The van der Waals surface area contributed by atoms with Crippen molar-refractivity contribution in [2.24, 2.45) is 0 Å². The van der Waals surface area contributed by atoms with Crippen molar-refractivity contribution >= 4 is 17.8 Å². The summed E-state index contributed by atoms with van der Waals surface area (Å²) < 4.78 is 14.2. The Morgan fingerprint density at radius 2 is 1.96 bits per heavy atom. The summed E-state index contributed by atoms with van der Waals surface area (Å²) in [6, 6.07) is 5.71. The molecule has 4 amide bonds. The summed E-state index contributed by atoms with van der Waals surface area (Å²) in [6.45, 7) is 1.51. The Balaban J connectivity index is 1.64. The van der Waals surface area contributed by atoms with Gasteiger partial charge in [-0.15, -0.1) is 0 Å². The van der Waals surface area contributed by atoms with Crippen molar-refractivity contribution < 1.29 is 18.8 Å². The number of hydrogen-bond acceptors (Lipinski definition) is 4. The lowest BCUT2D eigenvalue weighted by atomic mass is 10.0. The van der Waals surface area contributed by atoms with Crippen LogP contribution >= 0.6 is 0 Å². The van der Waals surface area contributed by atoms with E-state index in [0.717, 1.165) is 30.8 Å². The predicted octanol–water partition coefficient (Wildman–Crippen LogP) is 0.631. The highest BCUT2D eigenvalue weighted by Crippen LogP contribution is 2.26. The van der Waals surface area contributed by atoms with Crippen LogP contribution in [0.2, 0.25) is 0 Å². The highest BCUT2D eigenvalue weighted by molar-refractivity contribution is 6.04. The minimum Gasteiger partial charge on any atom is -0.353 e. The lowest BCUT2D eigenvalue weighted by Gasteiger charge is -2.28. The Hall–Kier alpha value is -2.48. The number of likely N-dealkylation sites (tertiary alicyclic amines) is 1. The smallest absolute Gasteiger partial charge is 0.325 e. The third-order valence-corrected chi connectivity index (χ3v) is 4.58. The van der Waals surface area contributed by atoms with Crippen molar-refractivity contribution in [1.29, 1.82) is 0 Å². The van der Waals surface area contributed by atoms with Gasteiger partial charge in [-0.3, -0.25) is 19.4 Å². The van der Waals surface area contributed by atoms with Crippen molar-refractivity contribution in [2.75, 3.05) is 32.7 Å². The number of carbonyl (C=O) groups is 3. The maximum Gasteiger partial charge on any atom is 0.325 e. The number of nitrogens with one attached hydrogen (secondary N) is 2. The minimum absolute atomic E-state index is 0.0856. The molecule has 2 N–H and O–H groups in total. The van der Waals surface area contributed by atoms with Gasteiger partial charge in [-0.1, -0.05) is 18.2 Å². The van der Waals surface area contributed by atoms with E-state index in [4.69, 9.17) is 0 Å². The van der Waals surface area contributed by atoms with Gasteiger partial charge in [0.05, 0.1) is 12.6 Å². The van der Waals surface area contributed by atoms with Crippen LogP contribution in [0.3, 0.4) is 0 Å². The van der Waals surface area contributed by atoms with Crippen molar-refractivity contribution in [2.45, 2.75) is 18.9 Å². The van der Waals surface area contributed by atoms with Gasteiger partial charge < -0.3 is 10.6 Å². The fourth-order valence-electron chi connectivity index (χ4n) is 3.26. The average Bonchev–Trinajstić information content (AvgIpc) is 3.22. The van der Waals surface area contributed by atoms with Gasteiger partial charge in [0.15, 0.2) is 0 Å². The number of halogens is 1. The topological polar surface area (TPSA) is 81.8 Å². The molecular formula is C17H21FN4O3. The first-order valence-electron chi connectivity index (χ1n) is 8.39. The molecule has 1 unspecified atom stereocenters. The zero-order valence-electron chi connectivity index (χ0n) is 13.8. The second-order valence-corrected chi connectivity index (χ2v) is 6.22. The molecule has 0 bridgehead atoms. The summed E-state index contributed by atoms with van der Waals surface area (Å²) in [5.41, 5.74) is 0.541. The predicted molar refractivity (Wildman–Crippen MR) is 88.1 cm³/mol. The van der Waals surface area contributed by atoms with Gasteiger partial charge in [-0.25, -0.2) is 9.18 Å². The second kappa shape index (κ2) is 7.60. The van der Waals surface area contributed by atoms with Gasteiger partial charge in [0.2, 0.25) is 5.91 Å². The number of benzene rings is 1. The Morgan fingerprint density at radius 1 is 1.24 bits per heavy atom. The molecule has 0 spiro atoms. The van der Waals surface area contributed by atoms with Crippen LogP contribution in [0.25, 0.3) is 0 Å². The van der Waals surface area contributed by atoms with Gasteiger partial charge >= 0.3 is 6.03 Å². The molecule has 0 aromatic heterocycles. The van der Waals surface area contributed by atoms with Crippen molar-refractivity contribution in [3.63, 3.8) is 0 Å². The zero-order chi connectivity index (χ0) is 17.8. The van der Waals surface area contributed by atoms with E-state index in [9.17, 15) is 18.8 Å². The lowest BCUT2D eigenvalue weighted by Crippen LogP contribution is -2.43. The molecule has 2 saturated heterocycles. The molecule has 1 aromatic rings. The molecule has 25 heavy (non-hydrogen) atoms. The van der Waals surface area contributed by atoms with Crippen LogP contribution in [0.1, 0.15) is 24.4 Å². The molecule has 3 rings (SSSR count). The Morgan fingerprint density at radius 3 is 2.60 bits per heavy atom. The Bertz CT molecular complexity index is 660. The molecular weight excluding hydrogens is 327 g/mol. The SMILES string of the molecule is O=C(CN1C(=O)CNC1=O)NCC(c1ccccc1F)N1CCCC1. The average molecular weight is 348 g/mol. The number of hydrogen-bond donors (Lipinski definition) is 2. The van der Waals surface area contributed by atoms with E-state index in [1.807, 2.05) is 0 Å². The maximum atomic E-state index is 14.2. The maximum absolute atomic E-state index is 14.2. The van der Waals surface area contributed by atoms with Gasteiger partial charge in [0, 0.05) is 12.1 Å². The van der Waals surface area contributed by atoms with Crippen LogP contribution in [0.15, 0.2) is 24.3 Å². The Kier molecular flexibility index (Phi) is 5.28. The molecule has 2 heterocycles. The lowest BCUT2D eigenvalue weighted by molar-refractivity contribution is -0.130. The van der Waals surface area contributed by atoms with Crippen molar-refractivity contribution in [3.8, 4) is 0 Å². The minimum atomic E-state index is -0.564. The molecule has 0 aliphatic carbocycles. The normalized spacial score (nSPS) is 19.2. The Labute approximate surface area is 145 Å². The first-order chi connectivity index (χ1) is 12.1. The highest BCUT2D eigenvalue weighted by atomic mass is 19.1. The molecule has 7 nitrogen and oxygen atoms in total. The summed E-state index contributed by atoms with van der Waals surface area (Å²) in [5.74, 6) is -1.17. The van der Waals surface area contributed by atoms with Crippen molar-refractivity contribution in [1.82, 2.24) is 20.4 Å². The third kappa shape index (κ3) is 3.96. The summed E-state index contributed by atoms with van der Waals surface area (Å²) in [5, 5.41) is 5.10. The van der Waals surface area contributed by atoms with E-state index < -0.39 is 17.8 Å². The van der Waals surface area contributed by atoms with E-state index in [1.165, 1.54) is 6.07 Å². The van der Waals surface area contributed by atoms with Crippen LogP contribution in [-0.2, 0) is 9.59 Å². The van der Waals surface area contributed by atoms with E-state index in [1.54, 1.807) is 18.2 Å². The first-order valence-corrected chi connectivity index (χ1v) is 8.39. The van der Waals surface area contributed by atoms with Gasteiger partial charge in [0.25, 0.3) is 5.91 Å². The number of imide groups is 1. The number of nitrogens with zero attached hydrogens (tertiary/aromatic N) is 2. The monoisotopic (exact) mass is 348 g/mol. The second-order valence-electron chi connectivity index (χ2n) is 6.22. The number of carbonyl (C=O) groups excluding carboxylic acids is 3. The molecule has 134 valence electrons. The molecule has 2 aliphatic heterocycles. The zero-order valence-corrected chi connectivity index (χ0v) is 13.8. The standard InChI is InChI=1S/C17H21FN4O3/c18-13-6-2-1-5-12(13)14(21-7-3-4-8-21)9-19-15(23)11-22-16(24)10-20-17(22)25/h1-2,5-6,14H,3-4,7-11H2,(H,19,23)(H,20,25). The van der Waals surface area contributed by atoms with Crippen LogP contribution in [-0.4, -0.2) is 60.4 Å². The van der Waals surface area contributed by atoms with Gasteiger partial charge in [0.1, 0.15) is 12.4 Å². The van der Waals surface area contributed by atoms with E-state index >= 15 is 0 Å². The van der Waals surface area contributed by atoms with Crippen LogP contribution in [0.5, 0.6) is 0 Å². The van der Waals surface area contributed by atoms with Crippen LogP contribution in [0.4, 0.5) is 9.18 Å². The quantitative estimate of drug-likeness (QED) is 0.739. The third-order valence-electron chi connectivity index (χ3n) is 4.58. The van der Waals surface area contributed by atoms with E-state index in [2.05, 4.69) is 15.5 Å². The number of rotatable bonds is 6. The summed E-state index contributed by atoms with van der Waals surface area (Å²) in [4.78, 5) is 38.2. The molecule has 1 atom stereocenters. The molecule has 2 fully saturated rings. The molecule has 0 radical (unpaired) electrons. The molecule has 8 heteroatoms. The first kappa shape index (κ1) is 17.3. The summed E-state index contributed by atoms with van der Waals surface area (Å²) in [7, 11) is 0. The van der Waals surface area contributed by atoms with E-state index in [-0.39, 0.29) is 31.5 Å². The van der Waals surface area contributed by atoms with Crippen molar-refractivity contribution in [3.05, 3.63) is 35.6 Å². The van der Waals surface area contributed by atoms with Gasteiger partial charge in [-0.2, -0.15) is 0 Å². The molecule has 2 aliphatic rings. The largest absolute Gasteiger partial charge is 0.353 e. The number of urea groups is 1. The van der Waals surface area contributed by atoms with E-state index in [0.29, 0.717) is 5.56 Å². The molecule has 1 aromatic carbocycles. The van der Waals surface area contributed by atoms with Gasteiger partial charge in [-0.05, 0) is 32.0 Å². The van der Waals surface area contributed by atoms with Crippen LogP contribution in [0, 0.1) is 5.82 Å².